The number of ketones is 1. The summed E-state index contributed by atoms with van der Waals surface area (Å²) < 4.78 is 10.3. The number of rotatable bonds is 7. The number of carbonyl (C=O) groups excluding carboxylic acids is 1. The van der Waals surface area contributed by atoms with Gasteiger partial charge in [-0.1, -0.05) is 12.1 Å². The molecule has 0 bridgehead atoms. The quantitative estimate of drug-likeness (QED) is 0.444. The number of hydrogen-bond acceptors (Lipinski definition) is 5. The Kier molecular flexibility index (Phi) is 5.30. The van der Waals surface area contributed by atoms with E-state index < -0.39 is 4.92 Å². The first-order chi connectivity index (χ1) is 11.0. The molecular weight excluding hydrogens is 298 g/mol. The smallest absolute Gasteiger partial charge is 0.269 e. The zero-order chi connectivity index (χ0) is 16.8. The molecule has 120 valence electrons. The van der Waals surface area contributed by atoms with E-state index in [1.165, 1.54) is 26.4 Å². The lowest BCUT2D eigenvalue weighted by Crippen LogP contribution is -2.02. The highest BCUT2D eigenvalue weighted by atomic mass is 16.6. The van der Waals surface area contributed by atoms with Crippen LogP contribution in [0.4, 0.5) is 5.69 Å². The van der Waals surface area contributed by atoms with Crippen LogP contribution in [0.15, 0.2) is 42.5 Å². The van der Waals surface area contributed by atoms with Crippen molar-refractivity contribution in [3.05, 3.63) is 63.7 Å². The molecule has 2 aromatic carbocycles. The molecule has 0 aromatic heterocycles. The monoisotopic (exact) mass is 315 g/mol. The summed E-state index contributed by atoms with van der Waals surface area (Å²) in [6, 6.07) is 11.3. The number of nitrogens with zero attached hydrogens (tertiary/aromatic N) is 1. The number of non-ortho nitro benzene ring substituents is 1. The van der Waals surface area contributed by atoms with Gasteiger partial charge < -0.3 is 9.47 Å². The number of ether oxygens (including phenoxy) is 2. The molecule has 2 aromatic rings. The van der Waals surface area contributed by atoms with Crippen molar-refractivity contribution in [3.63, 3.8) is 0 Å². The molecule has 0 saturated carbocycles. The van der Waals surface area contributed by atoms with Gasteiger partial charge in [-0.3, -0.25) is 14.9 Å². The Morgan fingerprint density at radius 2 is 1.70 bits per heavy atom. The van der Waals surface area contributed by atoms with Crippen LogP contribution in [0.25, 0.3) is 0 Å². The number of Topliss-reactive ketones (excluding diaryl/α,β-unsaturated/α-hetero) is 1. The molecule has 0 aliphatic rings. The number of carbonyl (C=O) groups is 1. The minimum atomic E-state index is -0.446. The molecule has 0 fully saturated rings. The summed E-state index contributed by atoms with van der Waals surface area (Å²) in [5.74, 6) is 1.05. The van der Waals surface area contributed by atoms with E-state index in [9.17, 15) is 14.9 Å². The molecule has 0 radical (unpaired) electrons. The van der Waals surface area contributed by atoms with Gasteiger partial charge in [0.2, 0.25) is 0 Å². The summed E-state index contributed by atoms with van der Waals surface area (Å²) >= 11 is 0. The van der Waals surface area contributed by atoms with Crippen LogP contribution >= 0.6 is 0 Å². The van der Waals surface area contributed by atoms with Crippen LogP contribution in [-0.2, 0) is 6.42 Å². The van der Waals surface area contributed by atoms with Crippen molar-refractivity contribution in [1.82, 2.24) is 0 Å². The minimum Gasteiger partial charge on any atom is -0.493 e. The Morgan fingerprint density at radius 1 is 1.04 bits per heavy atom. The topological polar surface area (TPSA) is 78.7 Å². The van der Waals surface area contributed by atoms with E-state index in [2.05, 4.69) is 0 Å². The third-order valence-corrected chi connectivity index (χ3v) is 3.49. The highest BCUT2D eigenvalue weighted by molar-refractivity contribution is 5.96. The van der Waals surface area contributed by atoms with Crippen LogP contribution in [0.2, 0.25) is 0 Å². The number of methoxy groups -OCH3 is 2. The number of nitro benzene ring substituents is 1. The average molecular weight is 315 g/mol. The molecule has 0 heterocycles. The van der Waals surface area contributed by atoms with E-state index in [0.717, 1.165) is 5.56 Å². The Bertz CT molecular complexity index is 709. The van der Waals surface area contributed by atoms with Crippen molar-refractivity contribution >= 4 is 11.5 Å². The SMILES string of the molecule is COc1ccc(C(=O)CCc2ccc([N+](=O)[O-])cc2)cc1OC. The van der Waals surface area contributed by atoms with Gasteiger partial charge in [-0.15, -0.1) is 0 Å². The summed E-state index contributed by atoms with van der Waals surface area (Å²) in [6.07, 6.45) is 0.832. The molecule has 0 aliphatic heterocycles. The van der Waals surface area contributed by atoms with Crippen LogP contribution in [0.5, 0.6) is 11.5 Å². The van der Waals surface area contributed by atoms with Gasteiger partial charge in [-0.2, -0.15) is 0 Å². The second-order valence-electron chi connectivity index (χ2n) is 4.92. The molecule has 23 heavy (non-hydrogen) atoms. The number of benzene rings is 2. The molecular formula is C17H17NO5. The highest BCUT2D eigenvalue weighted by Gasteiger charge is 2.11. The van der Waals surface area contributed by atoms with Crippen LogP contribution in [-0.4, -0.2) is 24.9 Å². The summed E-state index contributed by atoms with van der Waals surface area (Å²) in [6.45, 7) is 0. The van der Waals surface area contributed by atoms with Crippen LogP contribution in [0, 0.1) is 10.1 Å². The highest BCUT2D eigenvalue weighted by Crippen LogP contribution is 2.28. The van der Waals surface area contributed by atoms with E-state index in [1.807, 2.05) is 0 Å². The lowest BCUT2D eigenvalue weighted by molar-refractivity contribution is -0.384. The van der Waals surface area contributed by atoms with Crippen molar-refractivity contribution < 1.29 is 19.2 Å². The maximum Gasteiger partial charge on any atom is 0.269 e. The standard InChI is InChI=1S/C17H17NO5/c1-22-16-10-6-13(11-17(16)23-2)15(19)9-5-12-3-7-14(8-4-12)18(20)21/h3-4,6-8,10-11H,5,9H2,1-2H3. The van der Waals surface area contributed by atoms with Gasteiger partial charge in [0, 0.05) is 24.1 Å². The van der Waals surface area contributed by atoms with Gasteiger partial charge in [0.25, 0.3) is 5.69 Å². The third-order valence-electron chi connectivity index (χ3n) is 3.49. The third kappa shape index (κ3) is 4.06. The molecule has 0 amide bonds. The normalized spacial score (nSPS) is 10.2. The van der Waals surface area contributed by atoms with Crippen LogP contribution in [0.3, 0.4) is 0 Å². The summed E-state index contributed by atoms with van der Waals surface area (Å²) in [5, 5.41) is 10.6. The van der Waals surface area contributed by atoms with Gasteiger partial charge in [-0.25, -0.2) is 0 Å². The van der Waals surface area contributed by atoms with Crippen molar-refractivity contribution in [2.24, 2.45) is 0 Å². The first kappa shape index (κ1) is 16.5. The second kappa shape index (κ2) is 7.40. The van der Waals surface area contributed by atoms with E-state index in [1.54, 1.807) is 30.3 Å². The van der Waals surface area contributed by atoms with Crippen molar-refractivity contribution in [2.75, 3.05) is 14.2 Å². The average Bonchev–Trinajstić information content (AvgIpc) is 2.59. The first-order valence-electron chi connectivity index (χ1n) is 7.03. The van der Waals surface area contributed by atoms with Gasteiger partial charge in [0.15, 0.2) is 17.3 Å². The lowest BCUT2D eigenvalue weighted by Gasteiger charge is -2.09. The largest absolute Gasteiger partial charge is 0.493 e. The van der Waals surface area contributed by atoms with Gasteiger partial charge >= 0.3 is 0 Å². The fourth-order valence-corrected chi connectivity index (χ4v) is 2.20. The predicted octanol–water partition coefficient (Wildman–Crippen LogP) is 3.43. The van der Waals surface area contributed by atoms with E-state index >= 15 is 0 Å². The number of aryl methyl sites for hydroxylation is 1. The Balaban J connectivity index is 2.03. The van der Waals surface area contributed by atoms with Crippen molar-refractivity contribution in [3.8, 4) is 11.5 Å². The molecule has 6 heteroatoms. The summed E-state index contributed by atoms with van der Waals surface area (Å²) in [5.41, 5.74) is 1.47. The molecule has 6 nitrogen and oxygen atoms in total. The Labute approximate surface area is 133 Å². The molecule has 0 unspecified atom stereocenters. The van der Waals surface area contributed by atoms with Crippen LogP contribution in [0.1, 0.15) is 22.3 Å². The zero-order valence-electron chi connectivity index (χ0n) is 12.9. The molecule has 0 saturated heterocycles. The number of hydrogen-bond donors (Lipinski definition) is 0. The van der Waals surface area contributed by atoms with E-state index in [4.69, 9.17) is 9.47 Å². The predicted molar refractivity (Wildman–Crippen MR) is 85.3 cm³/mol. The molecule has 0 atom stereocenters. The Hall–Kier alpha value is -2.89. The van der Waals surface area contributed by atoms with Crippen molar-refractivity contribution in [1.29, 1.82) is 0 Å². The van der Waals surface area contributed by atoms with Gasteiger partial charge in [0.05, 0.1) is 19.1 Å². The van der Waals surface area contributed by atoms with E-state index in [0.29, 0.717) is 29.9 Å². The number of nitro groups is 1. The maximum absolute atomic E-state index is 12.3. The van der Waals surface area contributed by atoms with Gasteiger partial charge in [-0.05, 0) is 30.2 Å². The second-order valence-corrected chi connectivity index (χ2v) is 4.92. The molecule has 0 aliphatic carbocycles. The Morgan fingerprint density at radius 3 is 2.26 bits per heavy atom. The summed E-state index contributed by atoms with van der Waals surface area (Å²) in [4.78, 5) is 22.4. The van der Waals surface area contributed by atoms with E-state index in [-0.39, 0.29) is 11.5 Å². The molecule has 2 rings (SSSR count). The minimum absolute atomic E-state index is 0.0238. The summed E-state index contributed by atoms with van der Waals surface area (Å²) in [7, 11) is 3.05. The maximum atomic E-state index is 12.3. The first-order valence-corrected chi connectivity index (χ1v) is 7.03. The fraction of sp³-hybridized carbons (Fsp3) is 0.235. The lowest BCUT2D eigenvalue weighted by atomic mass is 10.0. The molecule has 0 spiro atoms. The molecule has 0 N–H and O–H groups in total. The van der Waals surface area contributed by atoms with Gasteiger partial charge in [0.1, 0.15) is 0 Å². The van der Waals surface area contributed by atoms with Crippen LogP contribution < -0.4 is 9.47 Å². The van der Waals surface area contributed by atoms with Crippen molar-refractivity contribution in [2.45, 2.75) is 12.8 Å². The zero-order valence-corrected chi connectivity index (χ0v) is 12.9. The fourth-order valence-electron chi connectivity index (χ4n) is 2.20.